The number of benzene rings is 1. The van der Waals surface area contributed by atoms with Gasteiger partial charge < -0.3 is 10.2 Å². The minimum atomic E-state index is 0.226. The minimum Gasteiger partial charge on any atom is -0.318 e. The van der Waals surface area contributed by atoms with Crippen LogP contribution in [-0.4, -0.2) is 44.4 Å². The number of ketones is 1. The molecule has 4 heteroatoms. The molecule has 0 fully saturated rings. The molecule has 0 heterocycles. The molecule has 0 spiro atoms. The standard InChI is InChI=1S/C14H21BrN2O/c1-16-9-11-17(2)10-3-4-14(18)12-5-7-13(15)8-6-12/h5-8,16H,3-4,9-11H2,1-2H3. The predicted octanol–water partition coefficient (Wildman–Crippen LogP) is 2.56. The molecule has 0 saturated heterocycles. The van der Waals surface area contributed by atoms with Crippen molar-refractivity contribution in [3.63, 3.8) is 0 Å². The zero-order valence-electron chi connectivity index (χ0n) is 11.1. The summed E-state index contributed by atoms with van der Waals surface area (Å²) in [6.45, 7) is 2.96. The number of carbonyl (C=O) groups is 1. The Morgan fingerprint density at radius 2 is 1.94 bits per heavy atom. The molecule has 1 N–H and O–H groups in total. The maximum absolute atomic E-state index is 11.9. The van der Waals surface area contributed by atoms with Crippen LogP contribution in [-0.2, 0) is 0 Å². The molecule has 3 nitrogen and oxygen atoms in total. The van der Waals surface area contributed by atoms with Gasteiger partial charge in [-0.05, 0) is 39.2 Å². The van der Waals surface area contributed by atoms with Gasteiger partial charge in [0, 0.05) is 29.5 Å². The Labute approximate surface area is 118 Å². The minimum absolute atomic E-state index is 0.226. The lowest BCUT2D eigenvalue weighted by Gasteiger charge is -2.15. The van der Waals surface area contributed by atoms with Crippen LogP contribution in [0.1, 0.15) is 23.2 Å². The largest absolute Gasteiger partial charge is 0.318 e. The molecule has 0 amide bonds. The number of hydrogen-bond donors (Lipinski definition) is 1. The number of halogens is 1. The fourth-order valence-electron chi connectivity index (χ4n) is 1.70. The number of nitrogens with zero attached hydrogens (tertiary/aromatic N) is 1. The van der Waals surface area contributed by atoms with Crippen LogP contribution in [0.5, 0.6) is 0 Å². The van der Waals surface area contributed by atoms with E-state index in [1.54, 1.807) is 0 Å². The number of nitrogens with one attached hydrogen (secondary N) is 1. The molecule has 1 aromatic carbocycles. The second-order valence-electron chi connectivity index (χ2n) is 4.44. The summed E-state index contributed by atoms with van der Waals surface area (Å²) in [6.07, 6.45) is 1.53. The van der Waals surface area contributed by atoms with Crippen LogP contribution in [0.15, 0.2) is 28.7 Å². The number of Topliss-reactive ketones (excluding diaryl/α,β-unsaturated/α-hetero) is 1. The molecule has 18 heavy (non-hydrogen) atoms. The van der Waals surface area contributed by atoms with E-state index in [4.69, 9.17) is 0 Å². The van der Waals surface area contributed by atoms with E-state index >= 15 is 0 Å². The highest BCUT2D eigenvalue weighted by atomic mass is 79.9. The molecular formula is C14H21BrN2O. The molecule has 0 unspecified atom stereocenters. The molecular weight excluding hydrogens is 292 g/mol. The number of carbonyl (C=O) groups excluding carboxylic acids is 1. The predicted molar refractivity (Wildman–Crippen MR) is 79.1 cm³/mol. The Hall–Kier alpha value is -0.710. The lowest BCUT2D eigenvalue weighted by molar-refractivity contribution is 0.0976. The topological polar surface area (TPSA) is 32.3 Å². The molecule has 0 radical (unpaired) electrons. The highest BCUT2D eigenvalue weighted by Gasteiger charge is 2.06. The van der Waals surface area contributed by atoms with Crippen molar-refractivity contribution in [3.8, 4) is 0 Å². The van der Waals surface area contributed by atoms with Crippen molar-refractivity contribution in [1.29, 1.82) is 0 Å². The quantitative estimate of drug-likeness (QED) is 0.749. The first kappa shape index (κ1) is 15.3. The fourth-order valence-corrected chi connectivity index (χ4v) is 1.97. The van der Waals surface area contributed by atoms with Crippen LogP contribution in [0.2, 0.25) is 0 Å². The summed E-state index contributed by atoms with van der Waals surface area (Å²) >= 11 is 3.37. The summed E-state index contributed by atoms with van der Waals surface area (Å²) in [4.78, 5) is 14.1. The monoisotopic (exact) mass is 312 g/mol. The normalized spacial score (nSPS) is 10.9. The van der Waals surface area contributed by atoms with Crippen molar-refractivity contribution in [1.82, 2.24) is 10.2 Å². The fraction of sp³-hybridized carbons (Fsp3) is 0.500. The van der Waals surface area contributed by atoms with Crippen LogP contribution in [0.4, 0.5) is 0 Å². The second kappa shape index (κ2) is 8.40. The van der Waals surface area contributed by atoms with Gasteiger partial charge in [-0.3, -0.25) is 4.79 Å². The van der Waals surface area contributed by atoms with E-state index in [2.05, 4.69) is 33.2 Å². The van der Waals surface area contributed by atoms with E-state index in [9.17, 15) is 4.79 Å². The molecule has 0 atom stereocenters. The van der Waals surface area contributed by atoms with Crippen LogP contribution in [0.25, 0.3) is 0 Å². The van der Waals surface area contributed by atoms with Gasteiger partial charge in [0.2, 0.25) is 0 Å². The first-order valence-electron chi connectivity index (χ1n) is 6.25. The second-order valence-corrected chi connectivity index (χ2v) is 5.36. The summed E-state index contributed by atoms with van der Waals surface area (Å²) in [5.41, 5.74) is 0.802. The molecule has 1 rings (SSSR count). The van der Waals surface area contributed by atoms with Crippen molar-refractivity contribution in [3.05, 3.63) is 34.3 Å². The van der Waals surface area contributed by atoms with Crippen molar-refractivity contribution in [2.45, 2.75) is 12.8 Å². The van der Waals surface area contributed by atoms with Crippen molar-refractivity contribution < 1.29 is 4.79 Å². The smallest absolute Gasteiger partial charge is 0.162 e. The van der Waals surface area contributed by atoms with Crippen LogP contribution >= 0.6 is 15.9 Å². The van der Waals surface area contributed by atoms with E-state index in [0.717, 1.165) is 36.1 Å². The van der Waals surface area contributed by atoms with Gasteiger partial charge in [-0.25, -0.2) is 0 Å². The highest BCUT2D eigenvalue weighted by molar-refractivity contribution is 9.10. The maximum Gasteiger partial charge on any atom is 0.162 e. The van der Waals surface area contributed by atoms with Gasteiger partial charge in [0.25, 0.3) is 0 Å². The maximum atomic E-state index is 11.9. The van der Waals surface area contributed by atoms with Crippen LogP contribution < -0.4 is 5.32 Å². The van der Waals surface area contributed by atoms with Gasteiger partial charge in [-0.1, -0.05) is 28.1 Å². The molecule has 0 saturated carbocycles. The van der Waals surface area contributed by atoms with E-state index in [1.165, 1.54) is 0 Å². The van der Waals surface area contributed by atoms with Crippen LogP contribution in [0.3, 0.4) is 0 Å². The molecule has 0 aliphatic heterocycles. The van der Waals surface area contributed by atoms with Crippen molar-refractivity contribution in [2.75, 3.05) is 33.7 Å². The summed E-state index contributed by atoms with van der Waals surface area (Å²) in [5, 5.41) is 3.12. The van der Waals surface area contributed by atoms with E-state index in [0.29, 0.717) is 6.42 Å². The van der Waals surface area contributed by atoms with Gasteiger partial charge >= 0.3 is 0 Å². The summed E-state index contributed by atoms with van der Waals surface area (Å²) in [5.74, 6) is 0.226. The Morgan fingerprint density at radius 1 is 1.28 bits per heavy atom. The lowest BCUT2D eigenvalue weighted by Crippen LogP contribution is -2.28. The zero-order valence-corrected chi connectivity index (χ0v) is 12.7. The Balaban J connectivity index is 2.27. The summed E-state index contributed by atoms with van der Waals surface area (Å²) in [6, 6.07) is 7.56. The number of rotatable bonds is 8. The average molecular weight is 313 g/mol. The van der Waals surface area contributed by atoms with E-state index in [1.807, 2.05) is 31.3 Å². The van der Waals surface area contributed by atoms with Gasteiger partial charge in [-0.15, -0.1) is 0 Å². The number of hydrogen-bond acceptors (Lipinski definition) is 3. The molecule has 0 aliphatic carbocycles. The van der Waals surface area contributed by atoms with Gasteiger partial charge in [-0.2, -0.15) is 0 Å². The van der Waals surface area contributed by atoms with Gasteiger partial charge in [0.1, 0.15) is 0 Å². The molecule has 0 aromatic heterocycles. The van der Waals surface area contributed by atoms with Gasteiger partial charge in [0.15, 0.2) is 5.78 Å². The third-order valence-electron chi connectivity index (χ3n) is 2.85. The molecule has 100 valence electrons. The lowest BCUT2D eigenvalue weighted by atomic mass is 10.1. The van der Waals surface area contributed by atoms with Crippen molar-refractivity contribution >= 4 is 21.7 Å². The summed E-state index contributed by atoms with van der Waals surface area (Å²) < 4.78 is 1.01. The van der Waals surface area contributed by atoms with E-state index in [-0.39, 0.29) is 5.78 Å². The molecule has 0 bridgehead atoms. The molecule has 1 aromatic rings. The van der Waals surface area contributed by atoms with Gasteiger partial charge in [0.05, 0.1) is 0 Å². The molecule has 0 aliphatic rings. The zero-order chi connectivity index (χ0) is 13.4. The van der Waals surface area contributed by atoms with Crippen LogP contribution in [0, 0.1) is 0 Å². The average Bonchev–Trinajstić information content (AvgIpc) is 2.37. The Bertz CT molecular complexity index is 365. The summed E-state index contributed by atoms with van der Waals surface area (Å²) in [7, 11) is 4.03. The number of likely N-dealkylation sites (N-methyl/N-ethyl adjacent to an activating group) is 2. The Morgan fingerprint density at radius 3 is 2.56 bits per heavy atom. The highest BCUT2D eigenvalue weighted by Crippen LogP contribution is 2.12. The van der Waals surface area contributed by atoms with E-state index < -0.39 is 0 Å². The first-order chi connectivity index (χ1) is 8.63. The Kier molecular flexibility index (Phi) is 7.16. The first-order valence-corrected chi connectivity index (χ1v) is 7.04. The third-order valence-corrected chi connectivity index (χ3v) is 3.38. The SMILES string of the molecule is CNCCN(C)CCCC(=O)c1ccc(Br)cc1. The third kappa shape index (κ3) is 5.76. The van der Waals surface area contributed by atoms with Crippen molar-refractivity contribution in [2.24, 2.45) is 0 Å².